The van der Waals surface area contributed by atoms with Crippen molar-refractivity contribution in [2.24, 2.45) is 0 Å². The first-order valence-electron chi connectivity index (χ1n) is 9.87. The van der Waals surface area contributed by atoms with Crippen molar-refractivity contribution in [2.45, 2.75) is 45.1 Å². The number of nitrogens with zero attached hydrogens (tertiary/aromatic N) is 1. The number of fused-ring (bicyclic) bond motifs is 1. The molecule has 0 atom stereocenters. The highest BCUT2D eigenvalue weighted by molar-refractivity contribution is 6.31. The Morgan fingerprint density at radius 1 is 1.23 bits per heavy atom. The van der Waals surface area contributed by atoms with Gasteiger partial charge >= 0.3 is 5.97 Å². The molecule has 156 valence electrons. The van der Waals surface area contributed by atoms with E-state index in [0.29, 0.717) is 27.2 Å². The fourth-order valence-electron chi connectivity index (χ4n) is 4.10. The largest absolute Gasteiger partial charge is 0.505 e. The summed E-state index contributed by atoms with van der Waals surface area (Å²) in [6.45, 7) is 1.69. The molecular formula is C23H21ClFNO4. The lowest BCUT2D eigenvalue weighted by Crippen LogP contribution is -2.17. The Morgan fingerprint density at radius 3 is 2.67 bits per heavy atom. The number of aromatic nitrogens is 1. The second-order valence-electron chi connectivity index (χ2n) is 7.61. The summed E-state index contributed by atoms with van der Waals surface area (Å²) in [4.78, 5) is 25.8. The number of hydrogen-bond acceptors (Lipinski definition) is 4. The third kappa shape index (κ3) is 3.79. The second kappa shape index (κ2) is 8.11. The molecule has 0 saturated heterocycles. The van der Waals surface area contributed by atoms with Gasteiger partial charge in [-0.3, -0.25) is 14.2 Å². The first kappa shape index (κ1) is 20.4. The van der Waals surface area contributed by atoms with E-state index in [1.165, 1.54) is 16.7 Å². The zero-order valence-corrected chi connectivity index (χ0v) is 17.2. The molecule has 7 heteroatoms. The monoisotopic (exact) mass is 429 g/mol. The van der Waals surface area contributed by atoms with E-state index in [-0.39, 0.29) is 18.0 Å². The highest BCUT2D eigenvalue weighted by atomic mass is 35.5. The number of hydrogen-bond donors (Lipinski definition) is 1. The van der Waals surface area contributed by atoms with Gasteiger partial charge in [-0.15, -0.1) is 0 Å². The Labute approximate surface area is 178 Å². The molecule has 30 heavy (non-hydrogen) atoms. The standard InChI is InChI=1S/C23H21ClFNO4/c1-13-17(11-22(28)30-16-7-2-3-8-16)18-10-21(27)19(25)12-20(18)26(13)23(29)14-5-4-6-15(24)9-14/h4-6,9-10,12,16,27H,2-3,7-8,11H2,1H3. The van der Waals surface area contributed by atoms with Crippen molar-refractivity contribution in [2.75, 3.05) is 0 Å². The lowest BCUT2D eigenvalue weighted by Gasteiger charge is -2.11. The maximum atomic E-state index is 14.1. The van der Waals surface area contributed by atoms with Gasteiger partial charge in [0.05, 0.1) is 11.9 Å². The Balaban J connectivity index is 1.78. The maximum absolute atomic E-state index is 14.1. The van der Waals surface area contributed by atoms with Crippen LogP contribution in [0.3, 0.4) is 0 Å². The van der Waals surface area contributed by atoms with Crippen molar-refractivity contribution in [1.29, 1.82) is 0 Å². The van der Waals surface area contributed by atoms with E-state index in [1.807, 2.05) is 0 Å². The van der Waals surface area contributed by atoms with Crippen LogP contribution in [0.2, 0.25) is 5.02 Å². The Bertz CT molecular complexity index is 1150. The van der Waals surface area contributed by atoms with Crippen LogP contribution >= 0.6 is 11.6 Å². The molecule has 1 N–H and O–H groups in total. The normalized spacial score (nSPS) is 14.4. The minimum absolute atomic E-state index is 0.0697. The molecule has 1 saturated carbocycles. The van der Waals surface area contributed by atoms with Gasteiger partial charge in [-0.25, -0.2) is 4.39 Å². The van der Waals surface area contributed by atoms with Crippen molar-refractivity contribution >= 4 is 34.4 Å². The van der Waals surface area contributed by atoms with E-state index in [4.69, 9.17) is 16.3 Å². The fraction of sp³-hybridized carbons (Fsp3) is 0.304. The number of esters is 1. The van der Waals surface area contributed by atoms with Crippen LogP contribution < -0.4 is 0 Å². The molecule has 2 aromatic carbocycles. The molecule has 4 rings (SSSR count). The summed E-state index contributed by atoms with van der Waals surface area (Å²) >= 11 is 6.02. The van der Waals surface area contributed by atoms with E-state index in [0.717, 1.165) is 31.7 Å². The van der Waals surface area contributed by atoms with E-state index in [1.54, 1.807) is 25.1 Å². The molecule has 1 fully saturated rings. The third-order valence-corrected chi connectivity index (χ3v) is 5.83. The Kier molecular flexibility index (Phi) is 5.52. The van der Waals surface area contributed by atoms with Gasteiger partial charge in [0.2, 0.25) is 0 Å². The van der Waals surface area contributed by atoms with Crippen LogP contribution in [0, 0.1) is 12.7 Å². The molecule has 1 aliphatic rings. The SMILES string of the molecule is Cc1c(CC(=O)OC2CCCC2)c2cc(O)c(F)cc2n1C(=O)c1cccc(Cl)c1. The molecule has 3 aromatic rings. The topological polar surface area (TPSA) is 68.5 Å². The average molecular weight is 430 g/mol. The van der Waals surface area contributed by atoms with Crippen LogP contribution in [0.4, 0.5) is 4.39 Å². The van der Waals surface area contributed by atoms with E-state index in [2.05, 4.69) is 0 Å². The summed E-state index contributed by atoms with van der Waals surface area (Å²) in [6, 6.07) is 8.80. The van der Waals surface area contributed by atoms with Gasteiger partial charge in [-0.1, -0.05) is 17.7 Å². The molecule has 1 aromatic heterocycles. The summed E-state index contributed by atoms with van der Waals surface area (Å²) < 4.78 is 21.1. The second-order valence-corrected chi connectivity index (χ2v) is 8.05. The van der Waals surface area contributed by atoms with E-state index < -0.39 is 23.4 Å². The number of rotatable bonds is 4. The summed E-state index contributed by atoms with van der Waals surface area (Å²) in [5.41, 5.74) is 1.62. The number of phenolic OH excluding ortho intramolecular Hbond substituents is 1. The van der Waals surface area contributed by atoms with Gasteiger partial charge in [0.25, 0.3) is 5.91 Å². The van der Waals surface area contributed by atoms with Gasteiger partial charge in [-0.2, -0.15) is 0 Å². The first-order valence-corrected chi connectivity index (χ1v) is 10.2. The van der Waals surface area contributed by atoms with Crippen LogP contribution in [-0.4, -0.2) is 27.7 Å². The predicted molar refractivity (Wildman–Crippen MR) is 112 cm³/mol. The van der Waals surface area contributed by atoms with Gasteiger partial charge in [0, 0.05) is 27.7 Å². The highest BCUT2D eigenvalue weighted by Gasteiger charge is 2.25. The lowest BCUT2D eigenvalue weighted by atomic mass is 10.1. The molecular weight excluding hydrogens is 409 g/mol. The number of carbonyl (C=O) groups excluding carboxylic acids is 2. The zero-order chi connectivity index (χ0) is 21.4. The lowest BCUT2D eigenvalue weighted by molar-refractivity contribution is -0.147. The summed E-state index contributed by atoms with van der Waals surface area (Å²) in [5.74, 6) is -2.19. The molecule has 0 aliphatic heterocycles. The molecule has 1 aliphatic carbocycles. The van der Waals surface area contributed by atoms with Crippen LogP contribution in [0.25, 0.3) is 10.9 Å². The smallest absolute Gasteiger partial charge is 0.310 e. The number of aromatic hydroxyl groups is 1. The van der Waals surface area contributed by atoms with Crippen molar-refractivity contribution in [3.8, 4) is 5.75 Å². The quantitative estimate of drug-likeness (QED) is 0.581. The maximum Gasteiger partial charge on any atom is 0.310 e. The molecule has 5 nitrogen and oxygen atoms in total. The van der Waals surface area contributed by atoms with Gasteiger partial charge in [-0.05, 0) is 62.4 Å². The van der Waals surface area contributed by atoms with Crippen molar-refractivity contribution in [3.63, 3.8) is 0 Å². The van der Waals surface area contributed by atoms with Gasteiger partial charge < -0.3 is 9.84 Å². The summed E-state index contributed by atoms with van der Waals surface area (Å²) in [6.07, 6.45) is 3.64. The van der Waals surface area contributed by atoms with E-state index >= 15 is 0 Å². The number of halogens is 2. The van der Waals surface area contributed by atoms with Crippen molar-refractivity contribution in [1.82, 2.24) is 4.57 Å². The van der Waals surface area contributed by atoms with Gasteiger partial charge in [0.1, 0.15) is 6.10 Å². The number of ether oxygens (including phenoxy) is 1. The van der Waals surface area contributed by atoms with Crippen LogP contribution in [-0.2, 0) is 16.0 Å². The predicted octanol–water partition coefficient (Wildman–Crippen LogP) is 5.16. The number of carbonyl (C=O) groups is 2. The van der Waals surface area contributed by atoms with Crippen molar-refractivity contribution < 1.29 is 23.8 Å². The minimum Gasteiger partial charge on any atom is -0.505 e. The average Bonchev–Trinajstić information content (AvgIpc) is 3.29. The molecule has 1 heterocycles. The summed E-state index contributed by atoms with van der Waals surface area (Å²) in [7, 11) is 0. The molecule has 0 amide bonds. The summed E-state index contributed by atoms with van der Waals surface area (Å²) in [5, 5.41) is 10.7. The molecule has 0 bridgehead atoms. The Morgan fingerprint density at radius 2 is 1.97 bits per heavy atom. The van der Waals surface area contributed by atoms with E-state index in [9.17, 15) is 19.1 Å². The molecule has 0 radical (unpaired) electrons. The number of phenols is 1. The van der Waals surface area contributed by atoms with Crippen LogP contribution in [0.1, 0.15) is 47.3 Å². The Hall–Kier alpha value is -2.86. The number of benzene rings is 2. The third-order valence-electron chi connectivity index (χ3n) is 5.60. The van der Waals surface area contributed by atoms with Crippen molar-refractivity contribution in [3.05, 3.63) is 64.1 Å². The van der Waals surface area contributed by atoms with Crippen LogP contribution in [0.15, 0.2) is 36.4 Å². The van der Waals surface area contributed by atoms with Crippen LogP contribution in [0.5, 0.6) is 5.75 Å². The zero-order valence-electron chi connectivity index (χ0n) is 16.5. The molecule has 0 spiro atoms. The first-order chi connectivity index (χ1) is 14.3. The molecule has 0 unspecified atom stereocenters. The fourth-order valence-corrected chi connectivity index (χ4v) is 4.29. The highest BCUT2D eigenvalue weighted by Crippen LogP contribution is 2.33. The van der Waals surface area contributed by atoms with Gasteiger partial charge in [0.15, 0.2) is 11.6 Å². The minimum atomic E-state index is -0.847.